The maximum Gasteiger partial charge on any atom is 0.237 e. The minimum absolute atomic E-state index is 0.0261. The monoisotopic (exact) mass is 291 g/mol. The fourth-order valence-corrected chi connectivity index (χ4v) is 4.34. The quantitative estimate of drug-likeness (QED) is 0.877. The molecule has 1 fully saturated rings. The number of hydrogen-bond acceptors (Lipinski definition) is 2. The summed E-state index contributed by atoms with van der Waals surface area (Å²) in [6.07, 6.45) is 5.18. The molecule has 1 amide bonds. The van der Waals surface area contributed by atoms with Crippen molar-refractivity contribution in [3.63, 3.8) is 0 Å². The molecule has 0 spiro atoms. The first kappa shape index (κ1) is 15.4. The van der Waals surface area contributed by atoms with Crippen LogP contribution in [0, 0.1) is 20.8 Å². The zero-order valence-electron chi connectivity index (χ0n) is 13.0. The number of benzene rings is 1. The Morgan fingerprint density at radius 1 is 1.20 bits per heavy atom. The van der Waals surface area contributed by atoms with E-state index < -0.39 is 0 Å². The van der Waals surface area contributed by atoms with Crippen molar-refractivity contribution in [1.29, 1.82) is 0 Å². The summed E-state index contributed by atoms with van der Waals surface area (Å²) in [7, 11) is 0. The fourth-order valence-electron chi connectivity index (χ4n) is 2.98. The van der Waals surface area contributed by atoms with Gasteiger partial charge in [0.15, 0.2) is 0 Å². The Morgan fingerprint density at radius 2 is 1.75 bits per heavy atom. The average molecular weight is 291 g/mol. The highest BCUT2D eigenvalue weighted by Gasteiger charge is 2.23. The molecule has 1 atom stereocenters. The normalized spacial score (nSPS) is 17.2. The Hall–Kier alpha value is -0.960. The van der Waals surface area contributed by atoms with Crippen LogP contribution in [0.2, 0.25) is 0 Å². The minimum Gasteiger partial charge on any atom is -0.325 e. The second-order valence-corrected chi connectivity index (χ2v) is 7.59. The van der Waals surface area contributed by atoms with Crippen LogP contribution in [0.5, 0.6) is 0 Å². The second-order valence-electron chi connectivity index (χ2n) is 5.95. The van der Waals surface area contributed by atoms with E-state index in [2.05, 4.69) is 38.2 Å². The third-order valence-corrected chi connectivity index (χ3v) is 5.47. The van der Waals surface area contributed by atoms with Gasteiger partial charge < -0.3 is 5.32 Å². The van der Waals surface area contributed by atoms with E-state index in [-0.39, 0.29) is 11.2 Å². The molecule has 0 radical (unpaired) electrons. The number of carbonyl (C=O) groups is 1. The van der Waals surface area contributed by atoms with E-state index in [1.54, 1.807) is 0 Å². The SMILES string of the molecule is Cc1cc(C)c(NC(=O)[C@H](C)SC2CCCC2)c(C)c1. The number of hydrogen-bond donors (Lipinski definition) is 1. The Bertz CT molecular complexity index is 469. The molecule has 20 heavy (non-hydrogen) atoms. The number of rotatable bonds is 4. The molecule has 1 aliphatic rings. The molecule has 0 bridgehead atoms. The van der Waals surface area contributed by atoms with Crippen LogP contribution in [0.25, 0.3) is 0 Å². The van der Waals surface area contributed by atoms with Crippen molar-refractivity contribution in [2.75, 3.05) is 5.32 Å². The van der Waals surface area contributed by atoms with Gasteiger partial charge in [-0.3, -0.25) is 4.79 Å². The van der Waals surface area contributed by atoms with Gasteiger partial charge in [-0.05, 0) is 51.7 Å². The smallest absolute Gasteiger partial charge is 0.237 e. The molecular weight excluding hydrogens is 266 g/mol. The zero-order valence-corrected chi connectivity index (χ0v) is 13.8. The van der Waals surface area contributed by atoms with Crippen LogP contribution in [0.1, 0.15) is 49.3 Å². The van der Waals surface area contributed by atoms with Crippen LogP contribution in [0.15, 0.2) is 12.1 Å². The van der Waals surface area contributed by atoms with E-state index in [1.807, 2.05) is 18.7 Å². The lowest BCUT2D eigenvalue weighted by atomic mass is 10.1. The van der Waals surface area contributed by atoms with E-state index in [4.69, 9.17) is 0 Å². The van der Waals surface area contributed by atoms with Crippen molar-refractivity contribution in [2.45, 2.75) is 63.9 Å². The summed E-state index contributed by atoms with van der Waals surface area (Å²) < 4.78 is 0. The number of thioether (sulfide) groups is 1. The van der Waals surface area contributed by atoms with Crippen LogP contribution < -0.4 is 5.32 Å². The molecule has 2 nitrogen and oxygen atoms in total. The lowest BCUT2D eigenvalue weighted by Crippen LogP contribution is -2.25. The van der Waals surface area contributed by atoms with Crippen molar-refractivity contribution >= 4 is 23.4 Å². The number of amides is 1. The topological polar surface area (TPSA) is 29.1 Å². The highest BCUT2D eigenvalue weighted by atomic mass is 32.2. The Balaban J connectivity index is 2.00. The zero-order chi connectivity index (χ0) is 14.7. The van der Waals surface area contributed by atoms with E-state index in [0.29, 0.717) is 5.25 Å². The molecule has 1 aromatic carbocycles. The molecule has 1 N–H and O–H groups in total. The van der Waals surface area contributed by atoms with Gasteiger partial charge in [0.25, 0.3) is 0 Å². The maximum absolute atomic E-state index is 12.4. The van der Waals surface area contributed by atoms with Crippen LogP contribution in [-0.2, 0) is 4.79 Å². The largest absolute Gasteiger partial charge is 0.325 e. The molecule has 1 aromatic rings. The molecule has 0 aromatic heterocycles. The fraction of sp³-hybridized carbons (Fsp3) is 0.588. The Labute approximate surface area is 126 Å². The maximum atomic E-state index is 12.4. The second kappa shape index (κ2) is 6.66. The molecule has 2 rings (SSSR count). The van der Waals surface area contributed by atoms with E-state index >= 15 is 0 Å². The third-order valence-electron chi connectivity index (χ3n) is 3.99. The highest BCUT2D eigenvalue weighted by molar-refractivity contribution is 8.01. The summed E-state index contributed by atoms with van der Waals surface area (Å²) in [6.45, 7) is 8.23. The molecule has 1 aliphatic carbocycles. The van der Waals surface area contributed by atoms with Gasteiger partial charge in [0.2, 0.25) is 5.91 Å². The van der Waals surface area contributed by atoms with E-state index in [0.717, 1.165) is 16.8 Å². The van der Waals surface area contributed by atoms with Gasteiger partial charge in [-0.1, -0.05) is 30.5 Å². The minimum atomic E-state index is 0.0261. The first-order chi connectivity index (χ1) is 9.47. The summed E-state index contributed by atoms with van der Waals surface area (Å²) in [5, 5.41) is 3.82. The summed E-state index contributed by atoms with van der Waals surface area (Å²) >= 11 is 1.84. The van der Waals surface area contributed by atoms with Crippen molar-refractivity contribution in [3.8, 4) is 0 Å². The summed E-state index contributed by atoms with van der Waals surface area (Å²) in [4.78, 5) is 12.4. The molecule has 3 heteroatoms. The van der Waals surface area contributed by atoms with E-state index in [1.165, 1.54) is 31.2 Å². The van der Waals surface area contributed by atoms with Gasteiger partial charge in [-0.15, -0.1) is 11.8 Å². The molecule has 110 valence electrons. The predicted molar refractivity (Wildman–Crippen MR) is 88.6 cm³/mol. The van der Waals surface area contributed by atoms with Crippen molar-refractivity contribution in [1.82, 2.24) is 0 Å². The molecule has 0 saturated heterocycles. The average Bonchev–Trinajstić information content (AvgIpc) is 2.86. The number of anilines is 1. The van der Waals surface area contributed by atoms with Crippen molar-refractivity contribution in [2.24, 2.45) is 0 Å². The van der Waals surface area contributed by atoms with Crippen LogP contribution in [-0.4, -0.2) is 16.4 Å². The summed E-state index contributed by atoms with van der Waals surface area (Å²) in [5.41, 5.74) is 4.52. The Kier molecular flexibility index (Phi) is 5.14. The summed E-state index contributed by atoms with van der Waals surface area (Å²) in [6, 6.07) is 4.24. The summed E-state index contributed by atoms with van der Waals surface area (Å²) in [5.74, 6) is 0.136. The lowest BCUT2D eigenvalue weighted by Gasteiger charge is -2.18. The van der Waals surface area contributed by atoms with Crippen LogP contribution in [0.3, 0.4) is 0 Å². The van der Waals surface area contributed by atoms with Crippen LogP contribution in [0.4, 0.5) is 5.69 Å². The Morgan fingerprint density at radius 3 is 2.30 bits per heavy atom. The highest BCUT2D eigenvalue weighted by Crippen LogP contribution is 2.33. The molecule has 1 saturated carbocycles. The molecular formula is C17H25NOS. The van der Waals surface area contributed by atoms with Gasteiger partial charge in [-0.25, -0.2) is 0 Å². The predicted octanol–water partition coefficient (Wildman–Crippen LogP) is 4.61. The molecule has 0 aliphatic heterocycles. The number of aryl methyl sites for hydroxylation is 3. The molecule has 0 unspecified atom stereocenters. The lowest BCUT2D eigenvalue weighted by molar-refractivity contribution is -0.115. The van der Waals surface area contributed by atoms with Gasteiger partial charge in [0, 0.05) is 10.9 Å². The van der Waals surface area contributed by atoms with Crippen molar-refractivity contribution in [3.05, 3.63) is 28.8 Å². The first-order valence-electron chi connectivity index (χ1n) is 7.51. The number of carbonyl (C=O) groups excluding carboxylic acids is 1. The van der Waals surface area contributed by atoms with Gasteiger partial charge >= 0.3 is 0 Å². The van der Waals surface area contributed by atoms with Crippen LogP contribution >= 0.6 is 11.8 Å². The van der Waals surface area contributed by atoms with E-state index in [9.17, 15) is 4.79 Å². The van der Waals surface area contributed by atoms with Gasteiger partial charge in [0.1, 0.15) is 0 Å². The third kappa shape index (κ3) is 3.78. The van der Waals surface area contributed by atoms with Gasteiger partial charge in [0.05, 0.1) is 5.25 Å². The molecule has 0 heterocycles. The first-order valence-corrected chi connectivity index (χ1v) is 8.46. The number of nitrogens with one attached hydrogen (secondary N) is 1. The van der Waals surface area contributed by atoms with Crippen molar-refractivity contribution < 1.29 is 4.79 Å². The van der Waals surface area contributed by atoms with Gasteiger partial charge in [-0.2, -0.15) is 0 Å². The standard InChI is InChI=1S/C17H25NOS/c1-11-9-12(2)16(13(3)10-11)18-17(19)14(4)20-15-7-5-6-8-15/h9-10,14-15H,5-8H2,1-4H3,(H,18,19)/t14-/m0/s1.